The number of amides is 1. The number of hydrogen-bond acceptors (Lipinski definition) is 3. The second-order valence-electron chi connectivity index (χ2n) is 4.73. The summed E-state index contributed by atoms with van der Waals surface area (Å²) in [6.45, 7) is 0.869. The Morgan fingerprint density at radius 1 is 1.44 bits per heavy atom. The molecular weight excluding hydrogens is 228 g/mol. The summed E-state index contributed by atoms with van der Waals surface area (Å²) in [7, 11) is 0. The molecule has 1 aliphatic rings. The van der Waals surface area contributed by atoms with E-state index in [-0.39, 0.29) is 24.6 Å². The maximum atomic E-state index is 11.9. The minimum Gasteiger partial charge on any atom is -0.394 e. The van der Waals surface area contributed by atoms with Crippen molar-refractivity contribution in [1.29, 1.82) is 0 Å². The standard InChI is InChI=1S/C14H20N2O2/c17-10-12(9-11-5-2-1-3-6-11)16-14(18)13-7-4-8-15-13/h1-3,5-6,12-13,15,17H,4,7-10H2,(H,16,18)/t12-,13+/m0/s1. The highest BCUT2D eigenvalue weighted by molar-refractivity contribution is 5.82. The molecule has 3 N–H and O–H groups in total. The summed E-state index contributed by atoms with van der Waals surface area (Å²) in [5.41, 5.74) is 1.12. The van der Waals surface area contributed by atoms with Gasteiger partial charge in [0.1, 0.15) is 0 Å². The number of benzene rings is 1. The highest BCUT2D eigenvalue weighted by atomic mass is 16.3. The fraction of sp³-hybridized carbons (Fsp3) is 0.500. The van der Waals surface area contributed by atoms with Gasteiger partial charge >= 0.3 is 0 Å². The Kier molecular flexibility index (Phi) is 4.73. The van der Waals surface area contributed by atoms with Crippen molar-refractivity contribution in [3.8, 4) is 0 Å². The predicted octanol–water partition coefficient (Wildman–Crippen LogP) is 0.458. The van der Waals surface area contributed by atoms with Gasteiger partial charge < -0.3 is 15.7 Å². The minimum atomic E-state index is -0.206. The van der Waals surface area contributed by atoms with Crippen LogP contribution in [0.2, 0.25) is 0 Å². The van der Waals surface area contributed by atoms with Gasteiger partial charge in [-0.05, 0) is 31.4 Å². The van der Waals surface area contributed by atoms with E-state index in [1.165, 1.54) is 0 Å². The highest BCUT2D eigenvalue weighted by Crippen LogP contribution is 2.07. The average molecular weight is 248 g/mol. The minimum absolute atomic E-state index is 0.00230. The van der Waals surface area contributed by atoms with Gasteiger partial charge in [0.15, 0.2) is 0 Å². The quantitative estimate of drug-likeness (QED) is 0.709. The number of hydrogen-bond donors (Lipinski definition) is 3. The summed E-state index contributed by atoms with van der Waals surface area (Å²) in [5.74, 6) is 0.00230. The zero-order chi connectivity index (χ0) is 12.8. The van der Waals surface area contributed by atoms with E-state index in [2.05, 4.69) is 10.6 Å². The van der Waals surface area contributed by atoms with Crippen LogP contribution in [0.3, 0.4) is 0 Å². The lowest BCUT2D eigenvalue weighted by molar-refractivity contribution is -0.123. The monoisotopic (exact) mass is 248 g/mol. The normalized spacial score (nSPS) is 20.6. The predicted molar refractivity (Wildman–Crippen MR) is 70.2 cm³/mol. The number of nitrogens with one attached hydrogen (secondary N) is 2. The van der Waals surface area contributed by atoms with Gasteiger partial charge in [-0.3, -0.25) is 4.79 Å². The molecule has 0 aliphatic carbocycles. The highest BCUT2D eigenvalue weighted by Gasteiger charge is 2.23. The average Bonchev–Trinajstić information content (AvgIpc) is 2.93. The molecule has 0 spiro atoms. The largest absolute Gasteiger partial charge is 0.394 e. The second-order valence-corrected chi connectivity index (χ2v) is 4.73. The van der Waals surface area contributed by atoms with Gasteiger partial charge in [-0.25, -0.2) is 0 Å². The van der Waals surface area contributed by atoms with E-state index in [1.807, 2.05) is 30.3 Å². The van der Waals surface area contributed by atoms with Gasteiger partial charge in [-0.1, -0.05) is 30.3 Å². The molecule has 1 heterocycles. The van der Waals surface area contributed by atoms with Crippen molar-refractivity contribution in [2.24, 2.45) is 0 Å². The lowest BCUT2D eigenvalue weighted by Gasteiger charge is -2.19. The molecule has 2 rings (SSSR count). The molecule has 1 aromatic carbocycles. The summed E-state index contributed by atoms with van der Waals surface area (Å²) < 4.78 is 0. The van der Waals surface area contributed by atoms with Crippen LogP contribution in [0.5, 0.6) is 0 Å². The maximum absolute atomic E-state index is 11.9. The molecule has 0 saturated carbocycles. The molecule has 98 valence electrons. The summed E-state index contributed by atoms with van der Waals surface area (Å²) in [6, 6.07) is 9.59. The first-order valence-electron chi connectivity index (χ1n) is 6.48. The van der Waals surface area contributed by atoms with E-state index in [4.69, 9.17) is 0 Å². The fourth-order valence-corrected chi connectivity index (χ4v) is 2.27. The number of aliphatic hydroxyl groups excluding tert-OH is 1. The van der Waals surface area contributed by atoms with Crippen LogP contribution in [-0.4, -0.2) is 36.2 Å². The van der Waals surface area contributed by atoms with Crippen molar-refractivity contribution in [3.63, 3.8) is 0 Å². The summed E-state index contributed by atoms with van der Waals surface area (Å²) >= 11 is 0. The molecule has 0 radical (unpaired) electrons. The molecule has 0 aromatic heterocycles. The Labute approximate surface area is 107 Å². The Bertz CT molecular complexity index is 375. The van der Waals surface area contributed by atoms with Gasteiger partial charge in [0.05, 0.1) is 18.7 Å². The van der Waals surface area contributed by atoms with Crippen molar-refractivity contribution in [1.82, 2.24) is 10.6 Å². The topological polar surface area (TPSA) is 61.4 Å². The van der Waals surface area contributed by atoms with Gasteiger partial charge in [-0.2, -0.15) is 0 Å². The molecule has 0 unspecified atom stereocenters. The van der Waals surface area contributed by atoms with Crippen LogP contribution in [-0.2, 0) is 11.2 Å². The Hall–Kier alpha value is -1.39. The number of aliphatic hydroxyl groups is 1. The summed E-state index contributed by atoms with van der Waals surface area (Å²) in [4.78, 5) is 11.9. The Morgan fingerprint density at radius 2 is 2.22 bits per heavy atom. The van der Waals surface area contributed by atoms with Crippen molar-refractivity contribution in [2.75, 3.05) is 13.2 Å². The van der Waals surface area contributed by atoms with Crippen LogP contribution in [0.1, 0.15) is 18.4 Å². The first kappa shape index (κ1) is 13.1. The molecule has 1 aromatic rings. The molecular formula is C14H20N2O2. The Balaban J connectivity index is 1.87. The zero-order valence-corrected chi connectivity index (χ0v) is 10.4. The van der Waals surface area contributed by atoms with Crippen LogP contribution in [0.15, 0.2) is 30.3 Å². The molecule has 18 heavy (non-hydrogen) atoms. The molecule has 1 saturated heterocycles. The van der Waals surface area contributed by atoms with Gasteiger partial charge in [0.25, 0.3) is 0 Å². The smallest absolute Gasteiger partial charge is 0.237 e. The Morgan fingerprint density at radius 3 is 2.83 bits per heavy atom. The van der Waals surface area contributed by atoms with Crippen LogP contribution >= 0.6 is 0 Å². The van der Waals surface area contributed by atoms with Crippen LogP contribution in [0.25, 0.3) is 0 Å². The van der Waals surface area contributed by atoms with Crippen molar-refractivity contribution >= 4 is 5.91 Å². The molecule has 4 heteroatoms. The third-order valence-electron chi connectivity index (χ3n) is 3.27. The van der Waals surface area contributed by atoms with Crippen LogP contribution < -0.4 is 10.6 Å². The number of carbonyl (C=O) groups excluding carboxylic acids is 1. The lowest BCUT2D eigenvalue weighted by Crippen LogP contribution is -2.47. The molecule has 1 amide bonds. The third-order valence-corrected chi connectivity index (χ3v) is 3.27. The van der Waals surface area contributed by atoms with Crippen molar-refractivity contribution in [3.05, 3.63) is 35.9 Å². The molecule has 4 nitrogen and oxygen atoms in total. The van der Waals surface area contributed by atoms with E-state index in [0.29, 0.717) is 6.42 Å². The van der Waals surface area contributed by atoms with Crippen molar-refractivity contribution in [2.45, 2.75) is 31.3 Å². The summed E-state index contributed by atoms with van der Waals surface area (Å²) in [5, 5.41) is 15.4. The maximum Gasteiger partial charge on any atom is 0.237 e. The number of carbonyl (C=O) groups is 1. The van der Waals surface area contributed by atoms with Gasteiger partial charge in [0.2, 0.25) is 5.91 Å². The first-order valence-corrected chi connectivity index (χ1v) is 6.48. The lowest BCUT2D eigenvalue weighted by atomic mass is 10.1. The van der Waals surface area contributed by atoms with Crippen LogP contribution in [0.4, 0.5) is 0 Å². The SMILES string of the molecule is O=C(N[C@H](CO)Cc1ccccc1)[C@H]1CCCN1. The summed E-state index contributed by atoms with van der Waals surface area (Å²) in [6.07, 6.45) is 2.59. The molecule has 0 bridgehead atoms. The molecule has 1 aliphatic heterocycles. The molecule has 2 atom stereocenters. The van der Waals surface area contributed by atoms with Crippen LogP contribution in [0, 0.1) is 0 Å². The fourth-order valence-electron chi connectivity index (χ4n) is 2.27. The van der Waals surface area contributed by atoms with Gasteiger partial charge in [0, 0.05) is 0 Å². The number of rotatable bonds is 5. The van der Waals surface area contributed by atoms with E-state index < -0.39 is 0 Å². The van der Waals surface area contributed by atoms with E-state index >= 15 is 0 Å². The molecule has 1 fully saturated rings. The van der Waals surface area contributed by atoms with Gasteiger partial charge in [-0.15, -0.1) is 0 Å². The van der Waals surface area contributed by atoms with Crippen molar-refractivity contribution < 1.29 is 9.90 Å². The first-order chi connectivity index (χ1) is 8.79. The second kappa shape index (κ2) is 6.52. The van der Waals surface area contributed by atoms with E-state index in [9.17, 15) is 9.90 Å². The van der Waals surface area contributed by atoms with E-state index in [0.717, 1.165) is 24.9 Å². The zero-order valence-electron chi connectivity index (χ0n) is 10.4. The third kappa shape index (κ3) is 3.55. The van der Waals surface area contributed by atoms with E-state index in [1.54, 1.807) is 0 Å².